The standard InChI is InChI=1S/C16H26N2O3/c1-4-17-11-14-7-6-13(10-15(14)21-3)12-18(5-2)9-8-16(19)20/h6-7,10,17H,4-5,8-9,11-12H2,1-3H3,(H,19,20). The second kappa shape index (κ2) is 9.37. The lowest BCUT2D eigenvalue weighted by Crippen LogP contribution is -2.25. The summed E-state index contributed by atoms with van der Waals surface area (Å²) in [7, 11) is 1.68. The van der Waals surface area contributed by atoms with E-state index in [0.717, 1.165) is 43.1 Å². The molecule has 118 valence electrons. The number of ether oxygens (including phenoxy) is 1. The third-order valence-corrected chi connectivity index (χ3v) is 3.41. The average Bonchev–Trinajstić information content (AvgIpc) is 2.49. The van der Waals surface area contributed by atoms with Crippen LogP contribution in [0.1, 0.15) is 31.4 Å². The van der Waals surface area contributed by atoms with Gasteiger partial charge in [-0.1, -0.05) is 26.0 Å². The number of nitrogens with one attached hydrogen (secondary N) is 1. The van der Waals surface area contributed by atoms with Crippen LogP contribution in [0.2, 0.25) is 0 Å². The van der Waals surface area contributed by atoms with Crippen LogP contribution in [0.3, 0.4) is 0 Å². The fourth-order valence-electron chi connectivity index (χ4n) is 2.15. The molecule has 5 heteroatoms. The van der Waals surface area contributed by atoms with Crippen molar-refractivity contribution < 1.29 is 14.6 Å². The Labute approximate surface area is 126 Å². The molecule has 21 heavy (non-hydrogen) atoms. The van der Waals surface area contributed by atoms with Crippen LogP contribution < -0.4 is 10.1 Å². The second-order valence-electron chi connectivity index (χ2n) is 4.94. The Balaban J connectivity index is 2.71. The largest absolute Gasteiger partial charge is 0.496 e. The lowest BCUT2D eigenvalue weighted by Gasteiger charge is -2.20. The van der Waals surface area contributed by atoms with Gasteiger partial charge in [-0.25, -0.2) is 0 Å². The van der Waals surface area contributed by atoms with Crippen molar-refractivity contribution in [3.8, 4) is 5.75 Å². The number of carbonyl (C=O) groups is 1. The minimum absolute atomic E-state index is 0.170. The Hall–Kier alpha value is -1.59. The van der Waals surface area contributed by atoms with Crippen molar-refractivity contribution in [1.29, 1.82) is 0 Å². The van der Waals surface area contributed by atoms with Crippen LogP contribution in [0.15, 0.2) is 18.2 Å². The first-order valence-electron chi connectivity index (χ1n) is 7.41. The van der Waals surface area contributed by atoms with E-state index in [1.165, 1.54) is 0 Å². The molecule has 0 aliphatic carbocycles. The fraction of sp³-hybridized carbons (Fsp3) is 0.562. The van der Waals surface area contributed by atoms with E-state index >= 15 is 0 Å². The summed E-state index contributed by atoms with van der Waals surface area (Å²) in [5.41, 5.74) is 2.27. The van der Waals surface area contributed by atoms with Crippen LogP contribution >= 0.6 is 0 Å². The van der Waals surface area contributed by atoms with Gasteiger partial charge in [-0.15, -0.1) is 0 Å². The molecule has 0 spiro atoms. The molecule has 0 saturated carbocycles. The molecule has 0 atom stereocenters. The van der Waals surface area contributed by atoms with E-state index in [-0.39, 0.29) is 6.42 Å². The van der Waals surface area contributed by atoms with Gasteiger partial charge in [0, 0.05) is 25.2 Å². The van der Waals surface area contributed by atoms with Crippen LogP contribution in [0.4, 0.5) is 0 Å². The molecule has 2 N–H and O–H groups in total. The maximum Gasteiger partial charge on any atom is 0.304 e. The van der Waals surface area contributed by atoms with Gasteiger partial charge < -0.3 is 15.2 Å². The normalized spacial score (nSPS) is 10.9. The Morgan fingerprint density at radius 2 is 2.14 bits per heavy atom. The third-order valence-electron chi connectivity index (χ3n) is 3.41. The van der Waals surface area contributed by atoms with Crippen molar-refractivity contribution in [2.75, 3.05) is 26.7 Å². The predicted octanol–water partition coefficient (Wildman–Crippen LogP) is 2.10. The summed E-state index contributed by atoms with van der Waals surface area (Å²) in [5.74, 6) is 0.120. The molecule has 0 amide bonds. The van der Waals surface area contributed by atoms with E-state index in [1.54, 1.807) is 7.11 Å². The Morgan fingerprint density at radius 1 is 1.38 bits per heavy atom. The highest BCUT2D eigenvalue weighted by atomic mass is 16.5. The molecule has 1 rings (SSSR count). The van der Waals surface area contributed by atoms with Crippen molar-refractivity contribution >= 4 is 5.97 Å². The first-order chi connectivity index (χ1) is 10.1. The minimum atomic E-state index is -0.757. The smallest absolute Gasteiger partial charge is 0.304 e. The van der Waals surface area contributed by atoms with E-state index < -0.39 is 5.97 Å². The van der Waals surface area contributed by atoms with Gasteiger partial charge in [0.15, 0.2) is 0 Å². The molecular formula is C16H26N2O3. The zero-order valence-electron chi connectivity index (χ0n) is 13.2. The molecule has 0 aliphatic heterocycles. The molecule has 0 bridgehead atoms. The number of rotatable bonds is 10. The third kappa shape index (κ3) is 6.14. The Morgan fingerprint density at radius 3 is 2.71 bits per heavy atom. The molecule has 0 radical (unpaired) electrons. The fourth-order valence-corrected chi connectivity index (χ4v) is 2.15. The van der Waals surface area contributed by atoms with Crippen LogP contribution in [0, 0.1) is 0 Å². The number of nitrogens with zero attached hydrogens (tertiary/aromatic N) is 1. The van der Waals surface area contributed by atoms with Gasteiger partial charge in [0.2, 0.25) is 0 Å². The SMILES string of the molecule is CCNCc1ccc(CN(CC)CCC(=O)O)cc1OC. The molecular weight excluding hydrogens is 268 g/mol. The summed E-state index contributed by atoms with van der Waals surface area (Å²) in [6.07, 6.45) is 0.170. The van der Waals surface area contributed by atoms with Gasteiger partial charge in [-0.3, -0.25) is 9.69 Å². The molecule has 0 aliphatic rings. The number of aliphatic carboxylic acids is 1. The lowest BCUT2D eigenvalue weighted by molar-refractivity contribution is -0.137. The van der Waals surface area contributed by atoms with Gasteiger partial charge in [0.1, 0.15) is 5.75 Å². The zero-order valence-corrected chi connectivity index (χ0v) is 13.2. The summed E-state index contributed by atoms with van der Waals surface area (Å²) < 4.78 is 5.44. The summed E-state index contributed by atoms with van der Waals surface area (Å²) >= 11 is 0. The summed E-state index contributed by atoms with van der Waals surface area (Å²) in [5, 5.41) is 12.1. The number of hydrogen-bond acceptors (Lipinski definition) is 4. The van der Waals surface area contributed by atoms with Crippen LogP contribution in [0.25, 0.3) is 0 Å². The summed E-state index contributed by atoms with van der Waals surface area (Å²) in [4.78, 5) is 12.8. The molecule has 0 unspecified atom stereocenters. The van der Waals surface area contributed by atoms with Gasteiger partial charge in [0.05, 0.1) is 13.5 Å². The van der Waals surface area contributed by atoms with E-state index in [9.17, 15) is 4.79 Å². The molecule has 0 aromatic heterocycles. The first-order valence-corrected chi connectivity index (χ1v) is 7.41. The number of hydrogen-bond donors (Lipinski definition) is 2. The average molecular weight is 294 g/mol. The van der Waals surface area contributed by atoms with Gasteiger partial charge in [-0.05, 0) is 24.7 Å². The van der Waals surface area contributed by atoms with E-state index in [2.05, 4.69) is 29.3 Å². The Kier molecular flexibility index (Phi) is 7.79. The van der Waals surface area contributed by atoms with Gasteiger partial charge >= 0.3 is 5.97 Å². The number of methoxy groups -OCH3 is 1. The number of carboxylic acids is 1. The topological polar surface area (TPSA) is 61.8 Å². The van der Waals surface area contributed by atoms with Gasteiger partial charge in [0.25, 0.3) is 0 Å². The summed E-state index contributed by atoms with van der Waals surface area (Å²) in [6, 6.07) is 6.19. The van der Waals surface area contributed by atoms with E-state index in [4.69, 9.17) is 9.84 Å². The Bertz CT molecular complexity index is 449. The van der Waals surface area contributed by atoms with Crippen molar-refractivity contribution in [2.45, 2.75) is 33.4 Å². The van der Waals surface area contributed by atoms with Crippen LogP contribution in [0.5, 0.6) is 5.75 Å². The predicted molar refractivity (Wildman–Crippen MR) is 83.6 cm³/mol. The quantitative estimate of drug-likeness (QED) is 0.692. The number of carboxylic acid groups (broad SMARTS) is 1. The van der Waals surface area contributed by atoms with Crippen LogP contribution in [-0.4, -0.2) is 42.7 Å². The zero-order chi connectivity index (χ0) is 15.7. The highest BCUT2D eigenvalue weighted by Gasteiger charge is 2.09. The van der Waals surface area contributed by atoms with Gasteiger partial charge in [-0.2, -0.15) is 0 Å². The van der Waals surface area contributed by atoms with Crippen molar-refractivity contribution in [3.05, 3.63) is 29.3 Å². The summed E-state index contributed by atoms with van der Waals surface area (Å²) in [6.45, 7) is 7.95. The minimum Gasteiger partial charge on any atom is -0.496 e. The van der Waals surface area contributed by atoms with Crippen molar-refractivity contribution in [1.82, 2.24) is 10.2 Å². The lowest BCUT2D eigenvalue weighted by atomic mass is 10.1. The molecule has 0 heterocycles. The van der Waals surface area contributed by atoms with Crippen LogP contribution in [-0.2, 0) is 17.9 Å². The van der Waals surface area contributed by atoms with E-state index in [1.807, 2.05) is 13.0 Å². The highest BCUT2D eigenvalue weighted by Crippen LogP contribution is 2.21. The second-order valence-corrected chi connectivity index (χ2v) is 4.94. The highest BCUT2D eigenvalue weighted by molar-refractivity contribution is 5.66. The molecule has 0 saturated heterocycles. The first kappa shape index (κ1) is 17.5. The molecule has 1 aromatic rings. The van der Waals surface area contributed by atoms with E-state index in [0.29, 0.717) is 6.54 Å². The van der Waals surface area contributed by atoms with Crippen molar-refractivity contribution in [2.24, 2.45) is 0 Å². The molecule has 5 nitrogen and oxygen atoms in total. The molecule has 0 fully saturated rings. The number of benzene rings is 1. The molecule has 1 aromatic carbocycles. The monoisotopic (exact) mass is 294 g/mol. The maximum absolute atomic E-state index is 10.7. The maximum atomic E-state index is 10.7. The van der Waals surface area contributed by atoms with Crippen molar-refractivity contribution in [3.63, 3.8) is 0 Å².